The summed E-state index contributed by atoms with van der Waals surface area (Å²) in [5.74, 6) is -6.20. The molecule has 1 aromatic carbocycles. The van der Waals surface area contributed by atoms with Crippen LogP contribution < -0.4 is 9.97 Å². The number of aromatic carboxylic acids is 1. The van der Waals surface area contributed by atoms with E-state index in [0.29, 0.717) is 10.5 Å². The molecule has 13 nitrogen and oxygen atoms in total. The number of urea groups is 1. The van der Waals surface area contributed by atoms with Crippen molar-refractivity contribution in [2.75, 3.05) is 19.6 Å². The summed E-state index contributed by atoms with van der Waals surface area (Å²) in [7, 11) is -1.55. The number of carboxylic acid groups (broad SMARTS) is 2. The van der Waals surface area contributed by atoms with E-state index in [0.717, 1.165) is 0 Å². The molecule has 1 aromatic rings. The Labute approximate surface area is 199 Å². The lowest BCUT2D eigenvalue weighted by Gasteiger charge is -2.33. The van der Waals surface area contributed by atoms with Crippen LogP contribution in [0.3, 0.4) is 0 Å². The van der Waals surface area contributed by atoms with Crippen LogP contribution in [0.25, 0.3) is 0 Å². The number of amides is 4. The quantitative estimate of drug-likeness (QED) is 0.270. The van der Waals surface area contributed by atoms with Crippen molar-refractivity contribution in [3.63, 3.8) is 0 Å². The highest BCUT2D eigenvalue weighted by molar-refractivity contribution is 6.47. The van der Waals surface area contributed by atoms with Gasteiger partial charge in [-0.3, -0.25) is 24.1 Å². The molecule has 0 radical (unpaired) electrons. The Morgan fingerprint density at radius 1 is 1.17 bits per heavy atom. The molecule has 4 amide bonds. The maximum Gasteiger partial charge on any atom is 0.526 e. The maximum atomic E-state index is 12.9. The van der Waals surface area contributed by atoms with Gasteiger partial charge in [0.15, 0.2) is 5.78 Å². The number of carbonyl (C=O) groups is 6. The van der Waals surface area contributed by atoms with Crippen LogP contribution >= 0.6 is 0 Å². The number of nitrogens with zero attached hydrogens (tertiary/aromatic N) is 2. The Morgan fingerprint density at radius 2 is 1.89 bits per heavy atom. The van der Waals surface area contributed by atoms with Crippen LogP contribution in [0.4, 0.5) is 4.79 Å². The highest BCUT2D eigenvalue weighted by Crippen LogP contribution is 2.36. The van der Waals surface area contributed by atoms with Gasteiger partial charge in [0.2, 0.25) is 0 Å². The fourth-order valence-electron chi connectivity index (χ4n) is 4.04. The van der Waals surface area contributed by atoms with E-state index in [9.17, 15) is 44.0 Å². The summed E-state index contributed by atoms with van der Waals surface area (Å²) < 4.78 is 5.35. The van der Waals surface area contributed by atoms with Gasteiger partial charge in [-0.05, 0) is 25.0 Å². The lowest BCUT2D eigenvalue weighted by atomic mass is 9.64. The molecule has 0 aromatic heterocycles. The highest BCUT2D eigenvalue weighted by atomic mass is 16.5. The third-order valence-corrected chi connectivity index (χ3v) is 5.92. The van der Waals surface area contributed by atoms with Crippen molar-refractivity contribution in [2.24, 2.45) is 0 Å². The summed E-state index contributed by atoms with van der Waals surface area (Å²) in [5.41, 5.74) is 0.300. The number of fused-ring (bicyclic) bond motifs is 1. The topological polar surface area (TPSA) is 191 Å². The molecule has 0 bridgehead atoms. The smallest absolute Gasteiger partial charge is 0.526 e. The second kappa shape index (κ2) is 10.6. The van der Waals surface area contributed by atoms with E-state index < -0.39 is 67.4 Å². The predicted octanol–water partition coefficient (Wildman–Crippen LogP) is -0.627. The van der Waals surface area contributed by atoms with Crippen molar-refractivity contribution in [2.45, 2.75) is 38.0 Å². The van der Waals surface area contributed by atoms with E-state index in [1.54, 1.807) is 13.0 Å². The van der Waals surface area contributed by atoms with E-state index in [1.165, 1.54) is 17.0 Å². The van der Waals surface area contributed by atoms with Crippen LogP contribution in [-0.4, -0.2) is 93.4 Å². The third kappa shape index (κ3) is 5.59. The normalized spacial score (nSPS) is 18.5. The first-order chi connectivity index (χ1) is 16.5. The summed E-state index contributed by atoms with van der Waals surface area (Å²) >= 11 is 0. The van der Waals surface area contributed by atoms with Gasteiger partial charge in [-0.15, -0.1) is 0 Å². The van der Waals surface area contributed by atoms with Crippen LogP contribution in [-0.2, 0) is 25.6 Å². The molecular weight excluding hydrogens is 465 g/mol. The molecule has 186 valence electrons. The zero-order valence-corrected chi connectivity index (χ0v) is 18.8. The van der Waals surface area contributed by atoms with Crippen LogP contribution in [0.5, 0.6) is 5.75 Å². The number of hydrogen-bond donors (Lipinski definition) is 4. The number of carbonyl (C=O) groups excluding carboxylic acids is 4. The standard InChI is InChI=1S/C21H24BN3O10/c1-2-24-6-7-25(19(30)18(24)29)21(33)23-14(10-16(27)28)15(26)9-12-8-11-4-3-5-13(20(31)32)17(11)35-22(12)34/h3-5,12,14,34H,2,6-10H2,1H3,(H,23,33)(H,27,28)(H,31,32)/t12-,14+/m1/s1. The molecule has 0 spiro atoms. The van der Waals surface area contributed by atoms with E-state index in [1.807, 2.05) is 0 Å². The molecule has 0 aliphatic carbocycles. The number of imide groups is 1. The van der Waals surface area contributed by atoms with Gasteiger partial charge in [-0.1, -0.05) is 12.1 Å². The van der Waals surface area contributed by atoms with E-state index in [2.05, 4.69) is 5.32 Å². The summed E-state index contributed by atoms with van der Waals surface area (Å²) in [6, 6.07) is 1.78. The average molecular weight is 489 g/mol. The van der Waals surface area contributed by atoms with Crippen LogP contribution in [0, 0.1) is 0 Å². The molecule has 3 rings (SSSR count). The lowest BCUT2D eigenvalue weighted by molar-refractivity contribution is -0.153. The Kier molecular flexibility index (Phi) is 7.74. The zero-order chi connectivity index (χ0) is 25.9. The summed E-state index contributed by atoms with van der Waals surface area (Å²) in [6.07, 6.45) is -1.11. The minimum absolute atomic E-state index is 0.0130. The van der Waals surface area contributed by atoms with Crippen LogP contribution in [0.1, 0.15) is 35.7 Å². The molecule has 2 aliphatic rings. The minimum atomic E-state index is -1.55. The number of hydrogen-bond acceptors (Lipinski definition) is 8. The molecule has 14 heteroatoms. The molecule has 1 saturated heterocycles. The monoisotopic (exact) mass is 489 g/mol. The molecule has 35 heavy (non-hydrogen) atoms. The Morgan fingerprint density at radius 3 is 2.51 bits per heavy atom. The summed E-state index contributed by atoms with van der Waals surface area (Å²) in [5, 5.41) is 31.1. The number of Topliss-reactive ketones (excluding diaryl/α,β-unsaturated/α-hetero) is 1. The highest BCUT2D eigenvalue weighted by Gasteiger charge is 2.41. The van der Waals surface area contributed by atoms with Crippen LogP contribution in [0.15, 0.2) is 18.2 Å². The number of aliphatic carboxylic acids is 1. The van der Waals surface area contributed by atoms with Gasteiger partial charge in [0, 0.05) is 31.9 Å². The van der Waals surface area contributed by atoms with Crippen LogP contribution in [0.2, 0.25) is 5.82 Å². The second-order valence-corrected chi connectivity index (χ2v) is 8.18. The molecule has 1 fully saturated rings. The number of likely N-dealkylation sites (N-methyl/N-ethyl adjacent to an activating group) is 1. The molecule has 2 atom stereocenters. The maximum absolute atomic E-state index is 12.9. The average Bonchev–Trinajstić information content (AvgIpc) is 2.79. The van der Waals surface area contributed by atoms with E-state index in [-0.39, 0.29) is 37.4 Å². The summed E-state index contributed by atoms with van der Waals surface area (Å²) in [4.78, 5) is 74.4. The summed E-state index contributed by atoms with van der Waals surface area (Å²) in [6.45, 7) is 1.95. The molecule has 0 saturated carbocycles. The number of piperazine rings is 1. The fourth-order valence-corrected chi connectivity index (χ4v) is 4.04. The van der Waals surface area contributed by atoms with Crippen molar-refractivity contribution in [3.05, 3.63) is 29.3 Å². The number of benzene rings is 1. The second-order valence-electron chi connectivity index (χ2n) is 8.18. The number of rotatable bonds is 8. The van der Waals surface area contributed by atoms with Gasteiger partial charge >= 0.3 is 36.9 Å². The number of nitrogens with one attached hydrogen (secondary N) is 1. The number of para-hydroxylation sites is 1. The van der Waals surface area contributed by atoms with Crippen molar-refractivity contribution < 1.29 is 48.7 Å². The van der Waals surface area contributed by atoms with Crippen molar-refractivity contribution in [1.82, 2.24) is 15.1 Å². The van der Waals surface area contributed by atoms with Crippen molar-refractivity contribution in [3.8, 4) is 5.75 Å². The Bertz CT molecular complexity index is 1080. The SMILES string of the molecule is CCN1CCN(C(=O)N[C@@H](CC(=O)O)C(=O)C[C@H]2Cc3cccc(C(=O)O)c3OB2O)C(=O)C1=O. The molecule has 2 heterocycles. The largest absolute Gasteiger partial charge is 0.535 e. The number of carboxylic acids is 2. The zero-order valence-electron chi connectivity index (χ0n) is 18.8. The van der Waals surface area contributed by atoms with Gasteiger partial charge in [0.05, 0.1) is 18.0 Å². The van der Waals surface area contributed by atoms with Gasteiger partial charge in [0.1, 0.15) is 5.75 Å². The minimum Gasteiger partial charge on any atom is -0.535 e. The number of ketones is 1. The first-order valence-corrected chi connectivity index (χ1v) is 10.9. The van der Waals surface area contributed by atoms with Gasteiger partial charge in [0.25, 0.3) is 0 Å². The van der Waals surface area contributed by atoms with Crippen molar-refractivity contribution >= 4 is 42.7 Å². The predicted molar refractivity (Wildman–Crippen MR) is 118 cm³/mol. The molecule has 0 unspecified atom stereocenters. The van der Waals surface area contributed by atoms with Crippen molar-refractivity contribution in [1.29, 1.82) is 0 Å². The van der Waals surface area contributed by atoms with Gasteiger partial charge < -0.3 is 30.1 Å². The van der Waals surface area contributed by atoms with Gasteiger partial charge in [-0.25, -0.2) is 9.59 Å². The van der Waals surface area contributed by atoms with E-state index in [4.69, 9.17) is 4.65 Å². The Balaban J connectivity index is 1.71. The third-order valence-electron chi connectivity index (χ3n) is 5.92. The first kappa shape index (κ1) is 25.7. The van der Waals surface area contributed by atoms with E-state index >= 15 is 0 Å². The lowest BCUT2D eigenvalue weighted by Crippen LogP contribution is -2.60. The van der Waals surface area contributed by atoms with Gasteiger partial charge in [-0.2, -0.15) is 0 Å². The Hall–Kier alpha value is -3.94. The molecule has 2 aliphatic heterocycles. The first-order valence-electron chi connectivity index (χ1n) is 10.9. The molecular formula is C21H24BN3O10. The fraction of sp³-hybridized carbons (Fsp3) is 0.429. The molecule has 4 N–H and O–H groups in total.